The van der Waals surface area contributed by atoms with Gasteiger partial charge in [-0.15, -0.1) is 0 Å². The summed E-state index contributed by atoms with van der Waals surface area (Å²) >= 11 is 0. The van der Waals surface area contributed by atoms with E-state index in [1.807, 2.05) is 0 Å². The normalized spacial score (nSPS) is 17.5. The Hall–Kier alpha value is -3.58. The summed E-state index contributed by atoms with van der Waals surface area (Å²) in [6.07, 6.45) is -1.17. The van der Waals surface area contributed by atoms with Crippen LogP contribution in [0, 0.1) is 15.3 Å². The van der Waals surface area contributed by atoms with Gasteiger partial charge in [-0.05, 0) is 22.6 Å². The first-order valence-corrected chi connectivity index (χ1v) is 10.5. The van der Waals surface area contributed by atoms with Crippen LogP contribution in [0.2, 0.25) is 0 Å². The zero-order chi connectivity index (χ0) is 22.6. The van der Waals surface area contributed by atoms with Crippen LogP contribution in [0.3, 0.4) is 0 Å². The van der Waals surface area contributed by atoms with Gasteiger partial charge in [0.15, 0.2) is 5.28 Å². The third kappa shape index (κ3) is 4.62. The van der Waals surface area contributed by atoms with Gasteiger partial charge in [0.1, 0.15) is 13.3 Å². The second-order valence-electron chi connectivity index (χ2n) is 6.52. The summed E-state index contributed by atoms with van der Waals surface area (Å²) in [7, 11) is -2.90. The Morgan fingerprint density at radius 3 is 2.52 bits per heavy atom. The molecule has 0 bridgehead atoms. The van der Waals surface area contributed by atoms with Crippen LogP contribution in [0.4, 0.5) is 5.69 Å². The number of nitrogens with zero attached hydrogens (tertiary/aromatic N) is 5. The molecular formula is C18H19N5O7S. The molecule has 1 saturated heterocycles. The fourth-order valence-corrected chi connectivity index (χ4v) is 4.91. The monoisotopic (exact) mass is 449 g/mol. The highest BCUT2D eigenvalue weighted by molar-refractivity contribution is 7.89. The van der Waals surface area contributed by atoms with Gasteiger partial charge in [0.2, 0.25) is 10.0 Å². The quantitative estimate of drug-likeness (QED) is 0.270. The van der Waals surface area contributed by atoms with Crippen molar-refractivity contribution in [2.45, 2.75) is 11.1 Å². The molecule has 3 rings (SSSR count). The maximum Gasteiger partial charge on any atom is 0.293 e. The summed E-state index contributed by atoms with van der Waals surface area (Å²) in [6, 6.07) is 13.0. The molecule has 0 N–H and O–H groups in total. The van der Waals surface area contributed by atoms with Crippen LogP contribution in [-0.4, -0.2) is 60.1 Å². The third-order valence-electron chi connectivity index (χ3n) is 4.62. The molecule has 1 aliphatic rings. The second kappa shape index (κ2) is 9.06. The minimum atomic E-state index is -4.04. The van der Waals surface area contributed by atoms with Crippen molar-refractivity contribution in [1.29, 1.82) is 0 Å². The summed E-state index contributed by atoms with van der Waals surface area (Å²) in [5, 5.41) is 26.0. The predicted octanol–water partition coefficient (Wildman–Crippen LogP) is 1.65. The van der Waals surface area contributed by atoms with E-state index in [1.54, 1.807) is 18.2 Å². The lowest BCUT2D eigenvalue weighted by Crippen LogP contribution is -2.40. The Morgan fingerprint density at radius 1 is 1.16 bits per heavy atom. The number of hydrogen-bond acceptors (Lipinski definition) is 8. The van der Waals surface area contributed by atoms with Gasteiger partial charge in [-0.1, -0.05) is 30.3 Å². The van der Waals surface area contributed by atoms with Crippen molar-refractivity contribution in [2.75, 3.05) is 26.7 Å². The molecule has 12 nitrogen and oxygen atoms in total. The molecule has 0 aliphatic carbocycles. The van der Waals surface area contributed by atoms with Crippen LogP contribution in [0.15, 0.2) is 64.8 Å². The number of nitro benzene ring substituents is 1. The fraction of sp³-hybridized carbons (Fsp3) is 0.278. The van der Waals surface area contributed by atoms with Crippen molar-refractivity contribution in [3.05, 3.63) is 75.5 Å². The SMILES string of the molecule is CO/N=[N+](\[O-])CC(=O)N1CCN(S(=O)(=O)c2ccccc2)C1c1cccc([N+](=O)[O-])c1. The van der Waals surface area contributed by atoms with Gasteiger partial charge in [-0.25, -0.2) is 8.42 Å². The number of carbonyl (C=O) groups is 1. The zero-order valence-electron chi connectivity index (χ0n) is 16.4. The van der Waals surface area contributed by atoms with Gasteiger partial charge < -0.3 is 14.9 Å². The summed E-state index contributed by atoms with van der Waals surface area (Å²) < 4.78 is 27.6. The van der Waals surface area contributed by atoms with E-state index < -0.39 is 33.6 Å². The Bertz CT molecular complexity index is 1110. The molecule has 0 aromatic heterocycles. The van der Waals surface area contributed by atoms with E-state index in [2.05, 4.69) is 10.1 Å². The molecule has 0 radical (unpaired) electrons. The number of nitro groups is 1. The van der Waals surface area contributed by atoms with Gasteiger partial charge in [0.05, 0.1) is 9.82 Å². The van der Waals surface area contributed by atoms with E-state index in [4.69, 9.17) is 0 Å². The van der Waals surface area contributed by atoms with E-state index in [0.29, 0.717) is 0 Å². The molecule has 164 valence electrons. The number of rotatable bonds is 7. The number of hydroxylamine groups is 1. The van der Waals surface area contributed by atoms with Crippen molar-refractivity contribution in [3.63, 3.8) is 0 Å². The van der Waals surface area contributed by atoms with Crippen molar-refractivity contribution in [1.82, 2.24) is 9.21 Å². The smallest absolute Gasteiger partial charge is 0.293 e. The standard InChI is InChI=1S/C18H19N5O7S/c1-30-19-22(25)13-17(24)20-10-11-21(31(28,29)16-8-3-2-4-9-16)18(20)14-6-5-7-15(12-14)23(26)27/h2-9,12,18H,10-11,13H2,1H3/b22-19-. The lowest BCUT2D eigenvalue weighted by atomic mass is 10.1. The van der Waals surface area contributed by atoms with Crippen LogP contribution in [0.1, 0.15) is 11.7 Å². The molecule has 2 aromatic carbocycles. The van der Waals surface area contributed by atoms with Crippen LogP contribution in [0.25, 0.3) is 0 Å². The molecule has 0 saturated carbocycles. The first-order chi connectivity index (χ1) is 14.8. The first kappa shape index (κ1) is 22.1. The molecular weight excluding hydrogens is 430 g/mol. The molecule has 1 aliphatic heterocycles. The van der Waals surface area contributed by atoms with E-state index in [1.165, 1.54) is 41.3 Å². The predicted molar refractivity (Wildman–Crippen MR) is 106 cm³/mol. The summed E-state index contributed by atoms with van der Waals surface area (Å²) in [5.74, 6) is -0.710. The van der Waals surface area contributed by atoms with Gasteiger partial charge >= 0.3 is 0 Å². The average molecular weight is 449 g/mol. The number of carbonyl (C=O) groups excluding carboxylic acids is 1. The topological polar surface area (TPSA) is 148 Å². The molecule has 2 aromatic rings. The maximum atomic E-state index is 13.3. The number of amides is 1. The molecule has 1 fully saturated rings. The number of sulfonamides is 1. The van der Waals surface area contributed by atoms with Gasteiger partial charge in [0.25, 0.3) is 18.1 Å². The van der Waals surface area contributed by atoms with E-state index in [-0.39, 0.29) is 34.1 Å². The van der Waals surface area contributed by atoms with E-state index in [0.717, 1.165) is 11.4 Å². The minimum absolute atomic E-state index is 0.0135. The molecule has 1 atom stereocenters. The Balaban J connectivity index is 2.05. The number of benzene rings is 2. The molecule has 13 heteroatoms. The van der Waals surface area contributed by atoms with Crippen molar-refractivity contribution < 1.29 is 27.8 Å². The highest BCUT2D eigenvalue weighted by Gasteiger charge is 2.44. The average Bonchev–Trinajstić information content (AvgIpc) is 3.21. The third-order valence-corrected chi connectivity index (χ3v) is 6.49. The zero-order valence-corrected chi connectivity index (χ0v) is 17.2. The van der Waals surface area contributed by atoms with Crippen LogP contribution < -0.4 is 0 Å². The van der Waals surface area contributed by atoms with Gasteiger partial charge in [0, 0.05) is 25.2 Å². The Labute approximate surface area is 177 Å². The highest BCUT2D eigenvalue weighted by atomic mass is 32.2. The van der Waals surface area contributed by atoms with E-state index >= 15 is 0 Å². The Morgan fingerprint density at radius 2 is 1.87 bits per heavy atom. The second-order valence-corrected chi connectivity index (χ2v) is 8.41. The molecule has 1 unspecified atom stereocenters. The lowest BCUT2D eigenvalue weighted by Gasteiger charge is -2.29. The highest BCUT2D eigenvalue weighted by Crippen LogP contribution is 2.36. The van der Waals surface area contributed by atoms with Gasteiger partial charge in [-0.2, -0.15) is 4.31 Å². The summed E-state index contributed by atoms with van der Waals surface area (Å²) in [5.41, 5.74) is -0.0330. The van der Waals surface area contributed by atoms with Crippen molar-refractivity contribution in [3.8, 4) is 0 Å². The lowest BCUT2D eigenvalue weighted by molar-refractivity contribution is -0.547. The summed E-state index contributed by atoms with van der Waals surface area (Å²) in [4.78, 5) is 28.9. The van der Waals surface area contributed by atoms with Crippen molar-refractivity contribution in [2.24, 2.45) is 5.28 Å². The maximum absolute atomic E-state index is 13.3. The number of non-ortho nitro benzene ring substituents is 1. The first-order valence-electron chi connectivity index (χ1n) is 9.05. The van der Waals surface area contributed by atoms with Crippen LogP contribution in [-0.2, 0) is 19.7 Å². The van der Waals surface area contributed by atoms with Crippen molar-refractivity contribution >= 4 is 21.6 Å². The summed E-state index contributed by atoms with van der Waals surface area (Å²) in [6.45, 7) is -0.784. The fourth-order valence-electron chi connectivity index (χ4n) is 3.32. The largest absolute Gasteiger partial charge is 0.597 e. The molecule has 31 heavy (non-hydrogen) atoms. The van der Waals surface area contributed by atoms with E-state index in [9.17, 15) is 28.5 Å². The molecule has 1 amide bonds. The Kier molecular flexibility index (Phi) is 6.46. The van der Waals surface area contributed by atoms with Gasteiger partial charge in [-0.3, -0.25) is 14.9 Å². The minimum Gasteiger partial charge on any atom is -0.597 e. The molecule has 1 heterocycles. The van der Waals surface area contributed by atoms with Crippen LogP contribution in [0.5, 0.6) is 0 Å². The van der Waals surface area contributed by atoms with Crippen LogP contribution >= 0.6 is 0 Å². The number of hydrogen-bond donors (Lipinski definition) is 0. The molecule has 0 spiro atoms.